The fourth-order valence-electron chi connectivity index (χ4n) is 5.86. The highest BCUT2D eigenvalue weighted by molar-refractivity contribution is 6.38. The maximum atomic E-state index is 6.33. The third-order valence-corrected chi connectivity index (χ3v) is 9.07. The van der Waals surface area contributed by atoms with Crippen LogP contribution < -0.4 is 5.73 Å². The number of nitrogens with zero attached hydrogens (tertiary/aromatic N) is 6. The fourth-order valence-corrected chi connectivity index (χ4v) is 6.42. The lowest BCUT2D eigenvalue weighted by atomic mass is 10.0. The first kappa shape index (κ1) is 31.5. The van der Waals surface area contributed by atoms with Gasteiger partial charge in [0.05, 0.1) is 33.4 Å². The van der Waals surface area contributed by atoms with E-state index in [-0.39, 0.29) is 11.8 Å². The Bertz CT molecular complexity index is 1420. The van der Waals surface area contributed by atoms with E-state index < -0.39 is 0 Å². The molecule has 230 valence electrons. The Morgan fingerprint density at radius 1 is 0.860 bits per heavy atom. The highest BCUT2D eigenvalue weighted by Gasteiger charge is 2.22. The molecule has 1 aromatic carbocycles. The van der Waals surface area contributed by atoms with Gasteiger partial charge in [-0.15, -0.1) is 10.2 Å². The summed E-state index contributed by atoms with van der Waals surface area (Å²) in [6.07, 6.45) is 21.8. The van der Waals surface area contributed by atoms with Gasteiger partial charge in [0.15, 0.2) is 0 Å². The first-order valence-electron chi connectivity index (χ1n) is 15.8. The van der Waals surface area contributed by atoms with E-state index >= 15 is 0 Å². The minimum absolute atomic E-state index is 0.225. The van der Waals surface area contributed by atoms with Gasteiger partial charge in [0.2, 0.25) is 0 Å². The van der Waals surface area contributed by atoms with Crippen LogP contribution in [0.25, 0.3) is 34.0 Å². The number of unbranched alkanes of at least 4 members (excludes halogenated alkanes) is 9. The van der Waals surface area contributed by atoms with Crippen molar-refractivity contribution in [3.8, 4) is 34.0 Å². The van der Waals surface area contributed by atoms with Crippen LogP contribution in [0, 0.1) is 0 Å². The molecule has 0 aliphatic carbocycles. The van der Waals surface area contributed by atoms with Crippen molar-refractivity contribution in [1.82, 2.24) is 29.9 Å². The van der Waals surface area contributed by atoms with Crippen molar-refractivity contribution in [1.29, 1.82) is 0 Å². The van der Waals surface area contributed by atoms with Gasteiger partial charge in [-0.2, -0.15) is 5.10 Å². The van der Waals surface area contributed by atoms with Crippen LogP contribution in [0.15, 0.2) is 47.3 Å². The number of benzene rings is 1. The molecule has 0 atom stereocenters. The summed E-state index contributed by atoms with van der Waals surface area (Å²) in [5, 5.41) is 13.9. The SMILES string of the molecule is CCCCCCCCCCCCN1CCC(n2cc(-c3cnc(N)c(-c4nnc(-c5c(Cl)cccc5Cl)o4)c3)cn2)CC1. The predicted octanol–water partition coefficient (Wildman–Crippen LogP) is 9.11. The predicted molar refractivity (Wildman–Crippen MR) is 175 cm³/mol. The zero-order valence-corrected chi connectivity index (χ0v) is 26.7. The van der Waals surface area contributed by atoms with Crippen molar-refractivity contribution in [2.75, 3.05) is 25.4 Å². The number of pyridine rings is 1. The molecule has 0 bridgehead atoms. The zero-order chi connectivity index (χ0) is 30.0. The molecule has 4 aromatic rings. The summed E-state index contributed by atoms with van der Waals surface area (Å²) >= 11 is 12.7. The van der Waals surface area contributed by atoms with Crippen molar-refractivity contribution >= 4 is 29.0 Å². The summed E-state index contributed by atoms with van der Waals surface area (Å²) in [4.78, 5) is 7.02. The summed E-state index contributed by atoms with van der Waals surface area (Å²) in [5.41, 5.74) is 9.10. The highest BCUT2D eigenvalue weighted by atomic mass is 35.5. The maximum Gasteiger partial charge on any atom is 0.251 e. The van der Waals surface area contributed by atoms with Crippen molar-refractivity contribution in [3.05, 3.63) is 52.9 Å². The van der Waals surface area contributed by atoms with Gasteiger partial charge in [-0.1, -0.05) is 94.0 Å². The van der Waals surface area contributed by atoms with E-state index in [1.54, 1.807) is 24.4 Å². The Morgan fingerprint density at radius 2 is 1.51 bits per heavy atom. The monoisotopic (exact) mass is 623 g/mol. The number of hydrogen-bond acceptors (Lipinski definition) is 7. The molecule has 4 heterocycles. The summed E-state index contributed by atoms with van der Waals surface area (Å²) in [6, 6.07) is 7.52. The highest BCUT2D eigenvalue weighted by Crippen LogP contribution is 2.36. The topological polar surface area (TPSA) is 98.9 Å². The van der Waals surface area contributed by atoms with Gasteiger partial charge < -0.3 is 15.1 Å². The number of nitrogens with two attached hydrogens (primary N) is 1. The maximum absolute atomic E-state index is 6.33. The number of likely N-dealkylation sites (tertiary alicyclic amines) is 1. The summed E-state index contributed by atoms with van der Waals surface area (Å²) < 4.78 is 8.04. The van der Waals surface area contributed by atoms with Crippen LogP contribution in [0.3, 0.4) is 0 Å². The molecule has 1 fully saturated rings. The van der Waals surface area contributed by atoms with E-state index in [9.17, 15) is 0 Å². The van der Waals surface area contributed by atoms with Crippen LogP contribution in [0.1, 0.15) is 90.0 Å². The zero-order valence-electron chi connectivity index (χ0n) is 25.2. The first-order chi connectivity index (χ1) is 21.0. The van der Waals surface area contributed by atoms with Crippen LogP contribution in [0.5, 0.6) is 0 Å². The molecule has 2 N–H and O–H groups in total. The molecule has 0 unspecified atom stereocenters. The van der Waals surface area contributed by atoms with Gasteiger partial charge >= 0.3 is 0 Å². The van der Waals surface area contributed by atoms with Crippen LogP contribution in [0.4, 0.5) is 5.82 Å². The normalized spacial score (nSPS) is 14.5. The average Bonchev–Trinajstić information content (AvgIpc) is 3.70. The van der Waals surface area contributed by atoms with E-state index in [4.69, 9.17) is 38.5 Å². The van der Waals surface area contributed by atoms with E-state index in [0.717, 1.165) is 37.1 Å². The van der Waals surface area contributed by atoms with Gasteiger partial charge in [-0.05, 0) is 44.0 Å². The first-order valence-corrected chi connectivity index (χ1v) is 16.6. The summed E-state index contributed by atoms with van der Waals surface area (Å²) in [5.74, 6) is 0.772. The summed E-state index contributed by atoms with van der Waals surface area (Å²) in [7, 11) is 0. The molecule has 10 heteroatoms. The van der Waals surface area contributed by atoms with Crippen molar-refractivity contribution in [2.24, 2.45) is 0 Å². The third kappa shape index (κ3) is 8.37. The van der Waals surface area contributed by atoms with Crippen molar-refractivity contribution in [3.63, 3.8) is 0 Å². The van der Waals surface area contributed by atoms with E-state index in [1.807, 2.05) is 12.3 Å². The van der Waals surface area contributed by atoms with E-state index in [1.165, 1.54) is 70.8 Å². The molecule has 1 saturated heterocycles. The second kappa shape index (κ2) is 15.7. The molecule has 43 heavy (non-hydrogen) atoms. The molecule has 1 aliphatic rings. The minimum Gasteiger partial charge on any atom is -0.416 e. The van der Waals surface area contributed by atoms with Gasteiger partial charge in [-0.25, -0.2) is 4.98 Å². The fraction of sp³-hybridized carbons (Fsp3) is 0.515. The van der Waals surface area contributed by atoms with Crippen LogP contribution >= 0.6 is 23.2 Å². The van der Waals surface area contributed by atoms with Gasteiger partial charge in [0.25, 0.3) is 11.8 Å². The molecule has 0 saturated carbocycles. The molecule has 3 aromatic heterocycles. The molecular weight excluding hydrogens is 581 g/mol. The van der Waals surface area contributed by atoms with Gasteiger partial charge in [0.1, 0.15) is 5.82 Å². The van der Waals surface area contributed by atoms with Crippen molar-refractivity contribution < 1.29 is 4.42 Å². The Morgan fingerprint density at radius 3 is 2.21 bits per heavy atom. The number of aromatic nitrogens is 5. The van der Waals surface area contributed by atoms with Crippen LogP contribution in [0.2, 0.25) is 10.0 Å². The molecule has 0 spiro atoms. The average molecular weight is 625 g/mol. The number of piperidine rings is 1. The minimum atomic E-state index is 0.225. The summed E-state index contributed by atoms with van der Waals surface area (Å²) in [6.45, 7) is 5.75. The molecule has 5 rings (SSSR count). The molecule has 8 nitrogen and oxygen atoms in total. The van der Waals surface area contributed by atoms with Gasteiger partial charge in [0, 0.05) is 36.6 Å². The number of rotatable bonds is 15. The lowest BCUT2D eigenvalue weighted by molar-refractivity contribution is 0.177. The largest absolute Gasteiger partial charge is 0.416 e. The number of anilines is 1. The molecular formula is C33H43Cl2N7O. The van der Waals surface area contributed by atoms with Crippen molar-refractivity contribution in [2.45, 2.75) is 90.0 Å². The molecule has 0 radical (unpaired) electrons. The Hall–Kier alpha value is -2.94. The Kier molecular flexibility index (Phi) is 11.5. The third-order valence-electron chi connectivity index (χ3n) is 8.44. The standard InChI is InChI=1S/C33H43Cl2N7O/c1-2-3-4-5-6-7-8-9-10-11-17-41-18-15-26(16-19-41)42-23-25(22-38-42)24-20-27(31(36)37-21-24)32-39-40-33(43-32)30-28(34)13-12-14-29(30)35/h12-14,20-23,26H,2-11,15-19H2,1H3,(H2,36,37). The van der Waals surface area contributed by atoms with Crippen LogP contribution in [-0.2, 0) is 0 Å². The lowest BCUT2D eigenvalue weighted by Crippen LogP contribution is -2.35. The lowest BCUT2D eigenvalue weighted by Gasteiger charge is -2.32. The molecule has 1 aliphatic heterocycles. The number of halogens is 2. The number of hydrogen-bond donors (Lipinski definition) is 1. The Balaban J connectivity index is 1.11. The van der Waals surface area contributed by atoms with E-state index in [0.29, 0.717) is 33.0 Å². The molecule has 0 amide bonds. The second-order valence-corrected chi connectivity index (χ2v) is 12.4. The smallest absolute Gasteiger partial charge is 0.251 e. The Labute approximate surface area is 265 Å². The number of nitrogen functional groups attached to an aromatic ring is 1. The van der Waals surface area contributed by atoms with Gasteiger partial charge in [-0.3, -0.25) is 4.68 Å². The second-order valence-electron chi connectivity index (χ2n) is 11.6. The van der Waals surface area contributed by atoms with E-state index in [2.05, 4.69) is 37.9 Å². The van der Waals surface area contributed by atoms with Crippen LogP contribution in [-0.4, -0.2) is 49.5 Å². The quantitative estimate of drug-likeness (QED) is 0.132.